The summed E-state index contributed by atoms with van der Waals surface area (Å²) in [6, 6.07) is 0. The Bertz CT molecular complexity index is 96.3. The van der Waals surface area contributed by atoms with Gasteiger partial charge in [0, 0.05) is 27.4 Å². The molecule has 0 radical (unpaired) electrons. The van der Waals surface area contributed by atoms with E-state index < -0.39 is 0 Å². The summed E-state index contributed by atoms with van der Waals surface area (Å²) in [7, 11) is 3.30. The third kappa shape index (κ3) is 15.8. The first-order chi connectivity index (χ1) is 8.91. The molecular weight excluding hydrogens is 236 g/mol. The van der Waals surface area contributed by atoms with Crippen LogP contribution in [0.2, 0.25) is 0 Å². The summed E-state index contributed by atoms with van der Waals surface area (Å²) in [4.78, 5) is 0. The van der Waals surface area contributed by atoms with Gasteiger partial charge in [-0.2, -0.15) is 0 Å². The molecule has 2 fully saturated rings. The van der Waals surface area contributed by atoms with E-state index in [1.807, 2.05) is 0 Å². The second-order valence-electron chi connectivity index (χ2n) is 3.88. The van der Waals surface area contributed by atoms with Crippen molar-refractivity contribution in [1.82, 2.24) is 0 Å². The van der Waals surface area contributed by atoms with E-state index in [1.165, 1.54) is 19.3 Å². The molecule has 0 unspecified atom stereocenters. The number of rotatable bonds is 3. The van der Waals surface area contributed by atoms with Crippen molar-refractivity contribution in [2.75, 3.05) is 67.1 Å². The van der Waals surface area contributed by atoms with Crippen LogP contribution in [-0.4, -0.2) is 67.1 Å². The van der Waals surface area contributed by atoms with Crippen molar-refractivity contribution < 1.29 is 23.7 Å². The Hall–Kier alpha value is -0.200. The van der Waals surface area contributed by atoms with Crippen LogP contribution < -0.4 is 0 Å². The maximum atomic E-state index is 5.07. The van der Waals surface area contributed by atoms with Crippen LogP contribution in [0.1, 0.15) is 19.3 Å². The fourth-order valence-electron chi connectivity index (χ4n) is 1.29. The summed E-state index contributed by atoms with van der Waals surface area (Å²) in [5.41, 5.74) is 0. The Balaban J connectivity index is 0.000000241. The monoisotopic (exact) mass is 264 g/mol. The van der Waals surface area contributed by atoms with Gasteiger partial charge in [-0.3, -0.25) is 0 Å². The average Bonchev–Trinajstić information content (AvgIpc) is 2.50. The molecule has 0 amide bonds. The van der Waals surface area contributed by atoms with E-state index in [9.17, 15) is 0 Å². The first kappa shape index (κ1) is 17.8. The van der Waals surface area contributed by atoms with E-state index in [1.54, 1.807) is 14.2 Å². The largest absolute Gasteiger partial charge is 0.382 e. The standard InChI is InChI=1S/C5H10O.C4H8O2.C4H10O2/c1-2-4-6-5-3-1;1-2-6-4-3-5-1;1-5-3-4-6-2/h1-5H2;1-4H2;3-4H2,1-2H3. The van der Waals surface area contributed by atoms with Gasteiger partial charge in [-0.15, -0.1) is 0 Å². The zero-order valence-electron chi connectivity index (χ0n) is 11.8. The lowest BCUT2D eigenvalue weighted by atomic mass is 10.2. The molecule has 0 bridgehead atoms. The van der Waals surface area contributed by atoms with E-state index in [0.717, 1.165) is 39.6 Å². The zero-order chi connectivity index (χ0) is 13.3. The number of methoxy groups -OCH3 is 2. The zero-order valence-corrected chi connectivity index (χ0v) is 11.8. The highest BCUT2D eigenvalue weighted by molar-refractivity contribution is 4.45. The molecule has 5 nitrogen and oxygen atoms in total. The van der Waals surface area contributed by atoms with Crippen LogP contribution in [0.15, 0.2) is 0 Å². The number of hydrogen-bond acceptors (Lipinski definition) is 5. The molecule has 5 heteroatoms. The lowest BCUT2D eigenvalue weighted by molar-refractivity contribution is -0.0334. The van der Waals surface area contributed by atoms with Gasteiger partial charge in [0.05, 0.1) is 39.6 Å². The summed E-state index contributed by atoms with van der Waals surface area (Å²) in [5, 5.41) is 0. The molecule has 0 aliphatic carbocycles. The van der Waals surface area contributed by atoms with Crippen molar-refractivity contribution in [1.29, 1.82) is 0 Å². The fraction of sp³-hybridized carbons (Fsp3) is 1.00. The Labute approximate surface area is 111 Å². The minimum absolute atomic E-state index is 0.691. The number of ether oxygens (including phenoxy) is 5. The fourth-order valence-corrected chi connectivity index (χ4v) is 1.29. The molecular formula is C13H28O5. The van der Waals surface area contributed by atoms with Crippen molar-refractivity contribution in [3.63, 3.8) is 0 Å². The van der Waals surface area contributed by atoms with Gasteiger partial charge in [0.1, 0.15) is 0 Å². The van der Waals surface area contributed by atoms with E-state index in [-0.39, 0.29) is 0 Å². The molecule has 0 aromatic carbocycles. The minimum Gasteiger partial charge on any atom is -0.382 e. The van der Waals surface area contributed by atoms with Gasteiger partial charge in [-0.1, -0.05) is 0 Å². The highest BCUT2D eigenvalue weighted by Crippen LogP contribution is 2.02. The Morgan fingerprint density at radius 2 is 1.00 bits per heavy atom. The predicted molar refractivity (Wildman–Crippen MR) is 70.1 cm³/mol. The lowest BCUT2D eigenvalue weighted by Gasteiger charge is -2.09. The van der Waals surface area contributed by atoms with E-state index >= 15 is 0 Å². The smallest absolute Gasteiger partial charge is 0.0701 e. The van der Waals surface area contributed by atoms with Crippen LogP contribution >= 0.6 is 0 Å². The van der Waals surface area contributed by atoms with Crippen molar-refractivity contribution in [3.05, 3.63) is 0 Å². The van der Waals surface area contributed by atoms with Gasteiger partial charge < -0.3 is 23.7 Å². The van der Waals surface area contributed by atoms with Gasteiger partial charge in [0.2, 0.25) is 0 Å². The van der Waals surface area contributed by atoms with Gasteiger partial charge in [-0.25, -0.2) is 0 Å². The van der Waals surface area contributed by atoms with E-state index in [2.05, 4.69) is 9.47 Å². The van der Waals surface area contributed by atoms with Gasteiger partial charge in [-0.05, 0) is 19.3 Å². The topological polar surface area (TPSA) is 46.2 Å². The third-order valence-electron chi connectivity index (χ3n) is 2.31. The molecule has 2 heterocycles. The van der Waals surface area contributed by atoms with Crippen LogP contribution in [-0.2, 0) is 23.7 Å². The SMILES string of the molecule is C1CCOCC1.C1COCCO1.COCCOC. The molecule has 18 heavy (non-hydrogen) atoms. The quantitative estimate of drug-likeness (QED) is 0.723. The Morgan fingerprint density at radius 3 is 1.17 bits per heavy atom. The van der Waals surface area contributed by atoms with Crippen molar-refractivity contribution in [2.45, 2.75) is 19.3 Å². The van der Waals surface area contributed by atoms with Crippen LogP contribution in [0.25, 0.3) is 0 Å². The predicted octanol–water partition coefficient (Wildman–Crippen LogP) is 1.50. The first-order valence-corrected chi connectivity index (χ1v) is 6.63. The molecule has 0 aromatic rings. The second kappa shape index (κ2) is 16.8. The molecule has 2 aliphatic heterocycles. The molecule has 0 aromatic heterocycles. The molecule has 0 spiro atoms. The van der Waals surface area contributed by atoms with Crippen molar-refractivity contribution in [2.24, 2.45) is 0 Å². The summed E-state index contributed by atoms with van der Waals surface area (Å²) in [6.45, 7) is 6.49. The second-order valence-corrected chi connectivity index (χ2v) is 3.88. The van der Waals surface area contributed by atoms with Crippen LogP contribution in [0.3, 0.4) is 0 Å². The normalized spacial score (nSPS) is 19.0. The molecule has 110 valence electrons. The van der Waals surface area contributed by atoms with Crippen LogP contribution in [0, 0.1) is 0 Å². The highest BCUT2D eigenvalue weighted by atomic mass is 16.6. The molecule has 0 atom stereocenters. The molecule has 0 saturated carbocycles. The summed E-state index contributed by atoms with van der Waals surface area (Å²) < 4.78 is 24.3. The van der Waals surface area contributed by atoms with Crippen molar-refractivity contribution >= 4 is 0 Å². The van der Waals surface area contributed by atoms with E-state index in [0.29, 0.717) is 13.2 Å². The third-order valence-corrected chi connectivity index (χ3v) is 2.31. The Morgan fingerprint density at radius 1 is 0.611 bits per heavy atom. The Kier molecular flexibility index (Phi) is 16.6. The summed E-state index contributed by atoms with van der Waals surface area (Å²) in [5.74, 6) is 0. The maximum Gasteiger partial charge on any atom is 0.0701 e. The van der Waals surface area contributed by atoms with Crippen molar-refractivity contribution in [3.8, 4) is 0 Å². The van der Waals surface area contributed by atoms with Crippen LogP contribution in [0.5, 0.6) is 0 Å². The first-order valence-electron chi connectivity index (χ1n) is 6.63. The van der Waals surface area contributed by atoms with Crippen LogP contribution in [0.4, 0.5) is 0 Å². The van der Waals surface area contributed by atoms with Gasteiger partial charge in [0.15, 0.2) is 0 Å². The van der Waals surface area contributed by atoms with Gasteiger partial charge >= 0.3 is 0 Å². The maximum absolute atomic E-state index is 5.07. The molecule has 2 rings (SSSR count). The summed E-state index contributed by atoms with van der Waals surface area (Å²) >= 11 is 0. The van der Waals surface area contributed by atoms with Gasteiger partial charge in [0.25, 0.3) is 0 Å². The average molecular weight is 264 g/mol. The summed E-state index contributed by atoms with van der Waals surface area (Å²) in [6.07, 6.45) is 3.93. The minimum atomic E-state index is 0.691. The molecule has 2 saturated heterocycles. The molecule has 0 N–H and O–H groups in total. The number of hydrogen-bond donors (Lipinski definition) is 0. The van der Waals surface area contributed by atoms with E-state index in [4.69, 9.17) is 14.2 Å². The highest BCUT2D eigenvalue weighted by Gasteiger charge is 1.95. The lowest BCUT2D eigenvalue weighted by Crippen LogP contribution is -2.16. The molecule has 2 aliphatic rings.